The molecule has 2 aliphatic rings. The van der Waals surface area contributed by atoms with Crippen LogP contribution in [0, 0.1) is 0 Å². The molecule has 0 bridgehead atoms. The molecule has 0 aromatic heterocycles. The molecule has 2 heterocycles. The van der Waals surface area contributed by atoms with E-state index in [1.807, 2.05) is 30.3 Å². The maximum absolute atomic E-state index is 11.7. The van der Waals surface area contributed by atoms with Gasteiger partial charge in [0, 0.05) is 6.54 Å². The Morgan fingerprint density at radius 3 is 2.88 bits per heavy atom. The van der Waals surface area contributed by atoms with E-state index in [9.17, 15) is 4.79 Å². The highest BCUT2D eigenvalue weighted by Crippen LogP contribution is 2.30. The zero-order valence-electron chi connectivity index (χ0n) is 8.76. The van der Waals surface area contributed by atoms with Crippen LogP contribution in [0.4, 0.5) is 0 Å². The Kier molecular flexibility index (Phi) is 2.38. The van der Waals surface area contributed by atoms with Crippen LogP contribution in [0.2, 0.25) is 0 Å². The van der Waals surface area contributed by atoms with Crippen molar-refractivity contribution in [2.24, 2.45) is 0 Å². The molecule has 1 N–H and O–H groups in total. The van der Waals surface area contributed by atoms with Crippen LogP contribution in [0.1, 0.15) is 5.56 Å². The third-order valence-corrected chi connectivity index (χ3v) is 2.97. The number of hydrogen-bond acceptors (Lipinski definition) is 4. The van der Waals surface area contributed by atoms with Crippen molar-refractivity contribution in [1.29, 1.82) is 0 Å². The van der Waals surface area contributed by atoms with Gasteiger partial charge in [-0.15, -0.1) is 0 Å². The van der Waals surface area contributed by atoms with Crippen LogP contribution < -0.4 is 5.32 Å². The van der Waals surface area contributed by atoms with Crippen molar-refractivity contribution in [2.75, 3.05) is 6.54 Å². The monoisotopic (exact) mass is 219 g/mol. The Morgan fingerprint density at radius 1 is 1.44 bits per heavy atom. The highest BCUT2D eigenvalue weighted by molar-refractivity contribution is 5.78. The summed E-state index contributed by atoms with van der Waals surface area (Å²) in [4.78, 5) is 11.7. The SMILES string of the molecule is O=C(OCc1ccccc1)[C@H]1NCC2OC21. The van der Waals surface area contributed by atoms with Crippen molar-refractivity contribution in [3.63, 3.8) is 0 Å². The van der Waals surface area contributed by atoms with Gasteiger partial charge in [0.1, 0.15) is 18.8 Å². The number of carbonyl (C=O) groups excluding carboxylic acids is 1. The van der Waals surface area contributed by atoms with Gasteiger partial charge in [0.2, 0.25) is 0 Å². The molecular formula is C12H13NO3. The first-order valence-electron chi connectivity index (χ1n) is 5.44. The second-order valence-corrected chi connectivity index (χ2v) is 4.12. The number of rotatable bonds is 3. The van der Waals surface area contributed by atoms with E-state index in [4.69, 9.17) is 9.47 Å². The smallest absolute Gasteiger partial charge is 0.326 e. The van der Waals surface area contributed by atoms with E-state index in [0.717, 1.165) is 12.1 Å². The van der Waals surface area contributed by atoms with Crippen molar-refractivity contribution in [1.82, 2.24) is 5.32 Å². The normalized spacial score (nSPS) is 30.9. The largest absolute Gasteiger partial charge is 0.460 e. The second kappa shape index (κ2) is 3.88. The average molecular weight is 219 g/mol. The minimum Gasteiger partial charge on any atom is -0.460 e. The molecule has 3 atom stereocenters. The Bertz CT molecular complexity index is 393. The molecule has 2 saturated heterocycles. The van der Waals surface area contributed by atoms with E-state index in [1.54, 1.807) is 0 Å². The van der Waals surface area contributed by atoms with Gasteiger partial charge in [0.15, 0.2) is 0 Å². The summed E-state index contributed by atoms with van der Waals surface area (Å²) in [6.07, 6.45) is 0.276. The summed E-state index contributed by atoms with van der Waals surface area (Å²) in [6.45, 7) is 1.09. The highest BCUT2D eigenvalue weighted by atomic mass is 16.6. The van der Waals surface area contributed by atoms with Crippen LogP contribution in [-0.4, -0.2) is 30.8 Å². The summed E-state index contributed by atoms with van der Waals surface area (Å²) in [5.74, 6) is -0.214. The Labute approximate surface area is 93.5 Å². The summed E-state index contributed by atoms with van der Waals surface area (Å²) in [5.41, 5.74) is 1.00. The van der Waals surface area contributed by atoms with E-state index in [2.05, 4.69) is 5.32 Å². The summed E-state index contributed by atoms with van der Waals surface area (Å²) in [5, 5.41) is 3.09. The minimum atomic E-state index is -0.270. The number of fused-ring (bicyclic) bond motifs is 1. The minimum absolute atomic E-state index is 0.0447. The lowest BCUT2D eigenvalue weighted by Gasteiger charge is -2.11. The third kappa shape index (κ3) is 1.81. The lowest BCUT2D eigenvalue weighted by molar-refractivity contribution is -0.147. The number of esters is 1. The van der Waals surface area contributed by atoms with Crippen molar-refractivity contribution in [2.45, 2.75) is 24.9 Å². The molecule has 0 saturated carbocycles. The standard InChI is InChI=1S/C12H13NO3/c14-12(10-11-9(16-11)6-13-10)15-7-8-4-2-1-3-5-8/h1-5,9-11,13H,6-7H2/t9?,10-,11?/m0/s1. The molecule has 2 unspecified atom stereocenters. The van der Waals surface area contributed by atoms with Crippen molar-refractivity contribution in [3.05, 3.63) is 35.9 Å². The fourth-order valence-corrected chi connectivity index (χ4v) is 2.01. The summed E-state index contributed by atoms with van der Waals surface area (Å²) < 4.78 is 10.5. The van der Waals surface area contributed by atoms with Gasteiger partial charge in [-0.3, -0.25) is 10.1 Å². The molecular weight excluding hydrogens is 206 g/mol. The molecule has 0 aliphatic carbocycles. The molecule has 3 rings (SSSR count). The molecule has 1 aromatic carbocycles. The number of ether oxygens (including phenoxy) is 2. The number of benzene rings is 1. The lowest BCUT2D eigenvalue weighted by atomic mass is 10.2. The van der Waals surface area contributed by atoms with Gasteiger partial charge in [-0.1, -0.05) is 30.3 Å². The molecule has 0 amide bonds. The van der Waals surface area contributed by atoms with Gasteiger partial charge >= 0.3 is 5.97 Å². The Balaban J connectivity index is 1.53. The number of hydrogen-bond donors (Lipinski definition) is 1. The molecule has 4 nitrogen and oxygen atoms in total. The van der Waals surface area contributed by atoms with Gasteiger partial charge in [-0.2, -0.15) is 0 Å². The number of nitrogens with one attached hydrogen (secondary N) is 1. The highest BCUT2D eigenvalue weighted by Gasteiger charge is 2.53. The summed E-state index contributed by atoms with van der Waals surface area (Å²) in [6, 6.07) is 9.40. The topological polar surface area (TPSA) is 50.9 Å². The molecule has 4 heteroatoms. The van der Waals surface area contributed by atoms with Crippen LogP contribution in [-0.2, 0) is 20.9 Å². The van der Waals surface area contributed by atoms with Gasteiger partial charge in [0.05, 0.1) is 6.10 Å². The van der Waals surface area contributed by atoms with Gasteiger partial charge in [-0.25, -0.2) is 0 Å². The third-order valence-electron chi connectivity index (χ3n) is 2.97. The van der Waals surface area contributed by atoms with Crippen LogP contribution >= 0.6 is 0 Å². The van der Waals surface area contributed by atoms with Crippen LogP contribution in [0.5, 0.6) is 0 Å². The fourth-order valence-electron chi connectivity index (χ4n) is 2.01. The van der Waals surface area contributed by atoms with Crippen LogP contribution in [0.3, 0.4) is 0 Å². The van der Waals surface area contributed by atoms with Crippen molar-refractivity contribution < 1.29 is 14.3 Å². The van der Waals surface area contributed by atoms with Gasteiger partial charge in [-0.05, 0) is 5.56 Å². The quantitative estimate of drug-likeness (QED) is 0.593. The Hall–Kier alpha value is -1.39. The maximum Gasteiger partial charge on any atom is 0.326 e. The zero-order valence-corrected chi connectivity index (χ0v) is 8.76. The molecule has 1 aromatic rings. The Morgan fingerprint density at radius 2 is 2.25 bits per heavy atom. The average Bonchev–Trinajstić information content (AvgIpc) is 2.99. The number of epoxide rings is 1. The van der Waals surface area contributed by atoms with Crippen molar-refractivity contribution >= 4 is 5.97 Å². The summed E-state index contributed by atoms with van der Waals surface area (Å²) in [7, 11) is 0. The second-order valence-electron chi connectivity index (χ2n) is 4.12. The fraction of sp³-hybridized carbons (Fsp3) is 0.417. The first kappa shape index (κ1) is 9.81. The zero-order chi connectivity index (χ0) is 11.0. The number of carbonyl (C=O) groups is 1. The number of morpholine rings is 1. The molecule has 2 fully saturated rings. The first-order valence-corrected chi connectivity index (χ1v) is 5.44. The molecule has 0 radical (unpaired) electrons. The van der Waals surface area contributed by atoms with E-state index < -0.39 is 0 Å². The van der Waals surface area contributed by atoms with Crippen LogP contribution in [0.25, 0.3) is 0 Å². The van der Waals surface area contributed by atoms with Gasteiger partial charge in [0.25, 0.3) is 0 Å². The van der Waals surface area contributed by atoms with E-state index >= 15 is 0 Å². The maximum atomic E-state index is 11.7. The molecule has 2 aliphatic heterocycles. The summed E-state index contributed by atoms with van der Waals surface area (Å²) >= 11 is 0. The van der Waals surface area contributed by atoms with Crippen molar-refractivity contribution in [3.8, 4) is 0 Å². The molecule has 84 valence electrons. The van der Waals surface area contributed by atoms with E-state index in [-0.39, 0.29) is 24.2 Å². The molecule has 16 heavy (non-hydrogen) atoms. The lowest BCUT2D eigenvalue weighted by Crippen LogP contribution is -2.38. The first-order chi connectivity index (χ1) is 7.84. The van der Waals surface area contributed by atoms with Gasteiger partial charge < -0.3 is 9.47 Å². The predicted molar refractivity (Wildman–Crippen MR) is 56.7 cm³/mol. The van der Waals surface area contributed by atoms with Crippen LogP contribution in [0.15, 0.2) is 30.3 Å². The van der Waals surface area contributed by atoms with E-state index in [0.29, 0.717) is 6.61 Å². The van der Waals surface area contributed by atoms with E-state index in [1.165, 1.54) is 0 Å². The molecule has 0 spiro atoms. The predicted octanol–water partition coefficient (Wildman–Crippen LogP) is 0.469.